The number of carbonyl (C=O) groups is 1. The average molecular weight is 385 g/mol. The van der Waals surface area contributed by atoms with Crippen LogP contribution in [0.1, 0.15) is 23.2 Å². The highest BCUT2D eigenvalue weighted by Gasteiger charge is 2.28. The lowest BCUT2D eigenvalue weighted by atomic mass is 10.1. The molecule has 9 nitrogen and oxygen atoms in total. The van der Waals surface area contributed by atoms with Crippen LogP contribution in [0.5, 0.6) is 0 Å². The number of fused-ring (bicyclic) bond motifs is 1. The van der Waals surface area contributed by atoms with Crippen LogP contribution in [0.2, 0.25) is 0 Å². The number of aromatic nitrogens is 3. The van der Waals surface area contributed by atoms with E-state index in [-0.39, 0.29) is 24.3 Å². The molecule has 1 amide bonds. The largest absolute Gasteiger partial charge is 0.384 e. The van der Waals surface area contributed by atoms with Gasteiger partial charge in [0.25, 0.3) is 5.91 Å². The van der Waals surface area contributed by atoms with Crippen LogP contribution in [0.3, 0.4) is 0 Å². The van der Waals surface area contributed by atoms with Crippen LogP contribution in [0.4, 0.5) is 0 Å². The van der Waals surface area contributed by atoms with Gasteiger partial charge in [-0.05, 0) is 18.9 Å². The number of ether oxygens (including phenoxy) is 1. The molecule has 25 heavy (non-hydrogen) atoms. The first-order valence-corrected chi connectivity index (χ1v) is 10.2. The Morgan fingerprint density at radius 1 is 1.40 bits per heavy atom. The molecule has 1 saturated heterocycles. The highest BCUT2D eigenvalue weighted by atomic mass is 32.2. The number of hydrogen-bond donors (Lipinski definition) is 1. The van der Waals surface area contributed by atoms with E-state index in [2.05, 4.69) is 19.0 Å². The number of nitrogens with one attached hydrogen (secondary N) is 1. The van der Waals surface area contributed by atoms with Gasteiger partial charge in [-0.3, -0.25) is 4.79 Å². The van der Waals surface area contributed by atoms with E-state index >= 15 is 0 Å². The molecule has 0 spiro atoms. The summed E-state index contributed by atoms with van der Waals surface area (Å²) >= 11 is 1.05. The molecule has 1 aliphatic rings. The SMILES string of the molecule is COCCS(=O)(=O)N1CCC(NC(=O)c2cnc3nsnc3c2)CC1. The first kappa shape index (κ1) is 18.1. The second-order valence-electron chi connectivity index (χ2n) is 5.79. The van der Waals surface area contributed by atoms with Crippen molar-refractivity contribution in [2.45, 2.75) is 18.9 Å². The number of methoxy groups -OCH3 is 1. The zero-order chi connectivity index (χ0) is 17.9. The molecule has 1 aliphatic heterocycles. The molecule has 11 heteroatoms. The Hall–Kier alpha value is -1.69. The van der Waals surface area contributed by atoms with Gasteiger partial charge in [-0.15, -0.1) is 0 Å². The van der Waals surface area contributed by atoms with Gasteiger partial charge >= 0.3 is 0 Å². The molecule has 0 unspecified atom stereocenters. The summed E-state index contributed by atoms with van der Waals surface area (Å²) in [4.78, 5) is 16.5. The highest BCUT2D eigenvalue weighted by Crippen LogP contribution is 2.16. The molecular formula is C14H19N5O4S2. The van der Waals surface area contributed by atoms with Crippen molar-refractivity contribution < 1.29 is 17.9 Å². The maximum absolute atomic E-state index is 12.4. The summed E-state index contributed by atoms with van der Waals surface area (Å²) in [6.07, 6.45) is 2.63. The van der Waals surface area contributed by atoms with Gasteiger partial charge in [-0.1, -0.05) is 0 Å². The van der Waals surface area contributed by atoms with Crippen LogP contribution >= 0.6 is 11.7 Å². The number of hydrogen-bond acceptors (Lipinski definition) is 8. The summed E-state index contributed by atoms with van der Waals surface area (Å²) in [5.41, 5.74) is 1.54. The second kappa shape index (κ2) is 7.68. The lowest BCUT2D eigenvalue weighted by molar-refractivity contribution is 0.0923. The van der Waals surface area contributed by atoms with Crippen LogP contribution in [0.15, 0.2) is 12.3 Å². The molecular weight excluding hydrogens is 366 g/mol. The monoisotopic (exact) mass is 385 g/mol. The lowest BCUT2D eigenvalue weighted by Crippen LogP contribution is -2.47. The highest BCUT2D eigenvalue weighted by molar-refractivity contribution is 7.89. The number of rotatable bonds is 6. The van der Waals surface area contributed by atoms with E-state index in [0.717, 1.165) is 11.7 Å². The molecule has 0 bridgehead atoms. The van der Waals surface area contributed by atoms with E-state index in [0.29, 0.717) is 42.7 Å². The molecule has 0 radical (unpaired) electrons. The predicted molar refractivity (Wildman–Crippen MR) is 92.9 cm³/mol. The molecule has 3 rings (SSSR count). The van der Waals surface area contributed by atoms with Crippen molar-refractivity contribution in [1.82, 2.24) is 23.4 Å². The zero-order valence-electron chi connectivity index (χ0n) is 13.7. The minimum atomic E-state index is -3.30. The van der Waals surface area contributed by atoms with Crippen LogP contribution in [-0.2, 0) is 14.8 Å². The minimum Gasteiger partial charge on any atom is -0.384 e. The van der Waals surface area contributed by atoms with Gasteiger partial charge in [-0.25, -0.2) is 17.7 Å². The van der Waals surface area contributed by atoms with E-state index in [1.54, 1.807) is 6.07 Å². The van der Waals surface area contributed by atoms with E-state index in [1.165, 1.54) is 17.6 Å². The maximum Gasteiger partial charge on any atom is 0.253 e. The van der Waals surface area contributed by atoms with Crippen molar-refractivity contribution in [3.05, 3.63) is 17.8 Å². The lowest BCUT2D eigenvalue weighted by Gasteiger charge is -2.31. The molecule has 0 saturated carbocycles. The van der Waals surface area contributed by atoms with Gasteiger partial charge in [0, 0.05) is 32.4 Å². The van der Waals surface area contributed by atoms with Crippen molar-refractivity contribution in [3.8, 4) is 0 Å². The van der Waals surface area contributed by atoms with Gasteiger partial charge in [-0.2, -0.15) is 8.75 Å². The number of amides is 1. The molecule has 2 aromatic rings. The normalized spacial score (nSPS) is 17.0. The number of pyridine rings is 1. The number of piperidine rings is 1. The van der Waals surface area contributed by atoms with E-state index < -0.39 is 10.0 Å². The summed E-state index contributed by atoms with van der Waals surface area (Å²) in [5.74, 6) is -0.253. The summed E-state index contributed by atoms with van der Waals surface area (Å²) in [6, 6.07) is 1.59. The zero-order valence-corrected chi connectivity index (χ0v) is 15.3. The molecule has 136 valence electrons. The molecule has 1 fully saturated rings. The summed E-state index contributed by atoms with van der Waals surface area (Å²) in [6.45, 7) is 0.967. The number of carbonyl (C=O) groups excluding carboxylic acids is 1. The molecule has 0 atom stereocenters. The quantitative estimate of drug-likeness (QED) is 0.758. The van der Waals surface area contributed by atoms with Crippen molar-refractivity contribution in [2.24, 2.45) is 0 Å². The Kier molecular flexibility index (Phi) is 5.57. The second-order valence-corrected chi connectivity index (χ2v) is 8.40. The third-order valence-electron chi connectivity index (χ3n) is 4.10. The summed E-state index contributed by atoms with van der Waals surface area (Å²) in [7, 11) is -1.82. The molecule has 0 aromatic carbocycles. The predicted octanol–water partition coefficient (Wildman–Crippen LogP) is 0.257. The van der Waals surface area contributed by atoms with Gasteiger partial charge in [0.1, 0.15) is 5.52 Å². The fraction of sp³-hybridized carbons (Fsp3) is 0.571. The molecule has 1 N–H and O–H groups in total. The number of sulfonamides is 1. The van der Waals surface area contributed by atoms with Gasteiger partial charge in [0.2, 0.25) is 10.0 Å². The number of nitrogens with zero attached hydrogens (tertiary/aromatic N) is 4. The molecule has 2 aromatic heterocycles. The van der Waals surface area contributed by atoms with Gasteiger partial charge in [0.15, 0.2) is 5.65 Å². The van der Waals surface area contributed by atoms with Crippen molar-refractivity contribution >= 4 is 38.8 Å². The van der Waals surface area contributed by atoms with Gasteiger partial charge in [0.05, 0.1) is 29.7 Å². The average Bonchev–Trinajstić information content (AvgIpc) is 3.08. The third kappa shape index (κ3) is 4.29. The summed E-state index contributed by atoms with van der Waals surface area (Å²) < 4.78 is 38.6. The topological polar surface area (TPSA) is 114 Å². The standard InChI is InChI=1S/C14H19N5O4S2/c1-23-6-7-25(21,22)19-4-2-11(3-5-19)16-14(20)10-8-12-13(15-9-10)18-24-17-12/h8-9,11H,2-7H2,1H3,(H,16,20). The third-order valence-corrected chi connectivity index (χ3v) is 6.47. The van der Waals surface area contributed by atoms with E-state index in [9.17, 15) is 13.2 Å². The molecule has 0 aliphatic carbocycles. The van der Waals surface area contributed by atoms with Crippen molar-refractivity contribution in [2.75, 3.05) is 32.6 Å². The first-order chi connectivity index (χ1) is 12.0. The smallest absolute Gasteiger partial charge is 0.253 e. The van der Waals surface area contributed by atoms with E-state index in [4.69, 9.17) is 4.74 Å². The van der Waals surface area contributed by atoms with Crippen LogP contribution in [-0.4, -0.2) is 71.0 Å². The van der Waals surface area contributed by atoms with Crippen LogP contribution in [0.25, 0.3) is 11.2 Å². The minimum absolute atomic E-state index is 0.0200. The Morgan fingerprint density at radius 2 is 2.16 bits per heavy atom. The van der Waals surface area contributed by atoms with Crippen molar-refractivity contribution in [3.63, 3.8) is 0 Å². The molecule has 3 heterocycles. The Balaban J connectivity index is 1.55. The first-order valence-electron chi connectivity index (χ1n) is 7.85. The summed E-state index contributed by atoms with van der Waals surface area (Å²) in [5, 5.41) is 2.94. The Bertz CT molecular complexity index is 846. The Morgan fingerprint density at radius 3 is 2.88 bits per heavy atom. The van der Waals surface area contributed by atoms with Crippen molar-refractivity contribution in [1.29, 1.82) is 0 Å². The van der Waals surface area contributed by atoms with Crippen LogP contribution in [0, 0.1) is 0 Å². The van der Waals surface area contributed by atoms with Gasteiger partial charge < -0.3 is 10.1 Å². The van der Waals surface area contributed by atoms with E-state index in [1.807, 2.05) is 0 Å². The fourth-order valence-electron chi connectivity index (χ4n) is 2.68. The maximum atomic E-state index is 12.4. The Labute approximate surface area is 149 Å². The fourth-order valence-corrected chi connectivity index (χ4v) is 4.56. The van der Waals surface area contributed by atoms with Crippen LogP contribution < -0.4 is 5.32 Å².